The number of nitro groups is 1. The summed E-state index contributed by atoms with van der Waals surface area (Å²) in [4.78, 5) is 34.4. The molecular formula is C18H15ClN2O5. The van der Waals surface area contributed by atoms with Crippen LogP contribution in [0.1, 0.15) is 18.4 Å². The Labute approximate surface area is 154 Å². The number of carbonyl (C=O) groups excluding carboxylic acids is 2. The Morgan fingerprint density at radius 1 is 1.12 bits per heavy atom. The smallest absolute Gasteiger partial charge is 0.317 e. The van der Waals surface area contributed by atoms with E-state index < -0.39 is 28.8 Å². The first-order valence-corrected chi connectivity index (χ1v) is 8.26. The van der Waals surface area contributed by atoms with Crippen LogP contribution in [-0.4, -0.2) is 23.4 Å². The van der Waals surface area contributed by atoms with Crippen LogP contribution < -0.4 is 5.32 Å². The molecule has 0 saturated heterocycles. The molecule has 7 nitrogen and oxygen atoms in total. The van der Waals surface area contributed by atoms with Crippen LogP contribution in [0.4, 0.5) is 11.4 Å². The van der Waals surface area contributed by atoms with Crippen molar-refractivity contribution in [2.24, 2.45) is 0 Å². The number of benzene rings is 2. The lowest BCUT2D eigenvalue weighted by Crippen LogP contribution is -2.28. The van der Waals surface area contributed by atoms with E-state index in [1.165, 1.54) is 24.3 Å². The third-order valence-electron chi connectivity index (χ3n) is 4.23. The van der Waals surface area contributed by atoms with Gasteiger partial charge in [0.15, 0.2) is 6.61 Å². The molecule has 0 atom stereocenters. The van der Waals surface area contributed by atoms with E-state index >= 15 is 0 Å². The lowest BCUT2D eigenvalue weighted by Gasteiger charge is -2.15. The zero-order chi connectivity index (χ0) is 18.7. The molecule has 2 aromatic carbocycles. The zero-order valence-electron chi connectivity index (χ0n) is 13.6. The molecule has 134 valence electrons. The Hall–Kier alpha value is -2.93. The van der Waals surface area contributed by atoms with Gasteiger partial charge in [-0.15, -0.1) is 0 Å². The summed E-state index contributed by atoms with van der Waals surface area (Å²) in [5.74, 6) is -0.960. The summed E-state index contributed by atoms with van der Waals surface area (Å²) >= 11 is 5.86. The van der Waals surface area contributed by atoms with Crippen LogP contribution >= 0.6 is 11.6 Å². The Bertz CT molecular complexity index is 845. The van der Waals surface area contributed by atoms with Gasteiger partial charge in [0.2, 0.25) is 0 Å². The van der Waals surface area contributed by atoms with Gasteiger partial charge < -0.3 is 10.1 Å². The first-order chi connectivity index (χ1) is 12.4. The van der Waals surface area contributed by atoms with Crippen molar-refractivity contribution in [2.45, 2.75) is 18.3 Å². The van der Waals surface area contributed by atoms with Crippen molar-refractivity contribution in [3.63, 3.8) is 0 Å². The molecule has 3 rings (SSSR count). The molecule has 0 aromatic heterocycles. The van der Waals surface area contributed by atoms with Crippen molar-refractivity contribution in [1.29, 1.82) is 0 Å². The predicted molar refractivity (Wildman–Crippen MR) is 95.0 cm³/mol. The number of non-ortho nitro benzene ring substituents is 1. The third kappa shape index (κ3) is 3.83. The number of hydrogen-bond donors (Lipinski definition) is 1. The largest absolute Gasteiger partial charge is 0.455 e. The Balaban J connectivity index is 1.55. The molecule has 1 fully saturated rings. The van der Waals surface area contributed by atoms with Crippen molar-refractivity contribution in [3.05, 3.63) is 69.2 Å². The molecule has 26 heavy (non-hydrogen) atoms. The molecular weight excluding hydrogens is 360 g/mol. The second-order valence-corrected chi connectivity index (χ2v) is 6.45. The predicted octanol–water partition coefficient (Wildman–Crippen LogP) is 3.46. The molecule has 1 aliphatic rings. The SMILES string of the molecule is O=C(COC(=O)C1(c2ccc(Cl)cc2)CC1)Nc1ccc([N+](=O)[O-])cc1. The molecule has 0 heterocycles. The van der Waals surface area contributed by atoms with Crippen LogP contribution in [0.15, 0.2) is 48.5 Å². The summed E-state index contributed by atoms with van der Waals surface area (Å²) in [6.07, 6.45) is 1.33. The van der Waals surface area contributed by atoms with Crippen LogP contribution in [0, 0.1) is 10.1 Å². The highest BCUT2D eigenvalue weighted by Gasteiger charge is 2.52. The van der Waals surface area contributed by atoms with Gasteiger partial charge in [0.25, 0.3) is 11.6 Å². The van der Waals surface area contributed by atoms with Crippen molar-refractivity contribution in [2.75, 3.05) is 11.9 Å². The quantitative estimate of drug-likeness (QED) is 0.474. The number of hydrogen-bond acceptors (Lipinski definition) is 5. The standard InChI is InChI=1S/C18H15ClN2O5/c19-13-3-1-12(2-4-13)18(9-10-18)17(23)26-11-16(22)20-14-5-7-15(8-6-14)21(24)25/h1-8H,9-11H2,(H,20,22). The Kier molecular flexibility index (Phi) is 4.90. The van der Waals surface area contributed by atoms with Gasteiger partial charge in [0.1, 0.15) is 0 Å². The molecule has 2 aromatic rings. The normalized spacial score (nSPS) is 14.3. The van der Waals surface area contributed by atoms with Crippen molar-refractivity contribution in [1.82, 2.24) is 0 Å². The molecule has 0 aliphatic heterocycles. The summed E-state index contributed by atoms with van der Waals surface area (Å²) < 4.78 is 5.16. The highest BCUT2D eigenvalue weighted by Crippen LogP contribution is 2.49. The Morgan fingerprint density at radius 3 is 2.27 bits per heavy atom. The first-order valence-electron chi connectivity index (χ1n) is 7.88. The number of halogens is 1. The van der Waals surface area contributed by atoms with Crippen LogP contribution in [0.2, 0.25) is 5.02 Å². The highest BCUT2D eigenvalue weighted by molar-refractivity contribution is 6.30. The minimum absolute atomic E-state index is 0.0759. The van der Waals surface area contributed by atoms with E-state index in [0.717, 1.165) is 5.56 Å². The molecule has 0 radical (unpaired) electrons. The van der Waals surface area contributed by atoms with Gasteiger partial charge in [-0.05, 0) is 42.7 Å². The molecule has 0 spiro atoms. The van der Waals surface area contributed by atoms with Gasteiger partial charge in [-0.25, -0.2) is 0 Å². The number of esters is 1. The van der Waals surface area contributed by atoms with E-state index in [-0.39, 0.29) is 5.69 Å². The summed E-state index contributed by atoms with van der Waals surface area (Å²) in [5, 5.41) is 13.7. The van der Waals surface area contributed by atoms with Crippen molar-refractivity contribution in [3.8, 4) is 0 Å². The fraction of sp³-hybridized carbons (Fsp3) is 0.222. The van der Waals surface area contributed by atoms with E-state index in [9.17, 15) is 19.7 Å². The molecule has 1 amide bonds. The zero-order valence-corrected chi connectivity index (χ0v) is 14.4. The van der Waals surface area contributed by atoms with Crippen LogP contribution in [0.25, 0.3) is 0 Å². The number of ether oxygens (including phenoxy) is 1. The molecule has 0 unspecified atom stereocenters. The third-order valence-corrected chi connectivity index (χ3v) is 4.49. The fourth-order valence-electron chi connectivity index (χ4n) is 2.64. The van der Waals surface area contributed by atoms with Gasteiger partial charge in [0.05, 0.1) is 10.3 Å². The average Bonchev–Trinajstić information content (AvgIpc) is 3.42. The van der Waals surface area contributed by atoms with Gasteiger partial charge in [-0.1, -0.05) is 23.7 Å². The highest BCUT2D eigenvalue weighted by atomic mass is 35.5. The summed E-state index contributed by atoms with van der Waals surface area (Å²) in [7, 11) is 0. The lowest BCUT2D eigenvalue weighted by atomic mass is 9.96. The van der Waals surface area contributed by atoms with Crippen LogP contribution in [0.5, 0.6) is 0 Å². The topological polar surface area (TPSA) is 98.5 Å². The maximum Gasteiger partial charge on any atom is 0.317 e. The number of carbonyl (C=O) groups is 2. The minimum atomic E-state index is -0.696. The maximum absolute atomic E-state index is 12.4. The van der Waals surface area contributed by atoms with Gasteiger partial charge in [0, 0.05) is 22.8 Å². The number of anilines is 1. The van der Waals surface area contributed by atoms with Crippen LogP contribution in [0.3, 0.4) is 0 Å². The molecule has 0 bridgehead atoms. The number of rotatable bonds is 6. The van der Waals surface area contributed by atoms with Crippen LogP contribution in [-0.2, 0) is 19.7 Å². The summed E-state index contributed by atoms with van der Waals surface area (Å²) in [6, 6.07) is 12.4. The second kappa shape index (κ2) is 7.13. The fourth-order valence-corrected chi connectivity index (χ4v) is 2.76. The number of amides is 1. The van der Waals surface area contributed by atoms with E-state index in [1.54, 1.807) is 24.3 Å². The summed E-state index contributed by atoms with van der Waals surface area (Å²) in [5.41, 5.74) is 0.435. The molecule has 8 heteroatoms. The maximum atomic E-state index is 12.4. The van der Waals surface area contributed by atoms with E-state index in [0.29, 0.717) is 23.6 Å². The molecule has 1 N–H and O–H groups in total. The van der Waals surface area contributed by atoms with Crippen molar-refractivity contribution < 1.29 is 19.2 Å². The van der Waals surface area contributed by atoms with Gasteiger partial charge >= 0.3 is 5.97 Å². The van der Waals surface area contributed by atoms with E-state index in [1.807, 2.05) is 0 Å². The number of nitrogens with one attached hydrogen (secondary N) is 1. The number of nitrogens with zero attached hydrogens (tertiary/aromatic N) is 1. The number of nitro benzene ring substituents is 1. The first kappa shape index (κ1) is 17.9. The van der Waals surface area contributed by atoms with E-state index in [2.05, 4.69) is 5.32 Å². The second-order valence-electron chi connectivity index (χ2n) is 6.02. The van der Waals surface area contributed by atoms with Crippen molar-refractivity contribution >= 4 is 34.9 Å². The monoisotopic (exact) mass is 374 g/mol. The lowest BCUT2D eigenvalue weighted by molar-refractivity contribution is -0.384. The van der Waals surface area contributed by atoms with Gasteiger partial charge in [-0.3, -0.25) is 19.7 Å². The Morgan fingerprint density at radius 2 is 1.73 bits per heavy atom. The van der Waals surface area contributed by atoms with E-state index in [4.69, 9.17) is 16.3 Å². The molecule has 1 aliphatic carbocycles. The molecule has 1 saturated carbocycles. The average molecular weight is 375 g/mol. The minimum Gasteiger partial charge on any atom is -0.455 e. The summed E-state index contributed by atoms with van der Waals surface area (Å²) in [6.45, 7) is -0.425. The van der Waals surface area contributed by atoms with Gasteiger partial charge in [-0.2, -0.15) is 0 Å².